The van der Waals surface area contributed by atoms with Gasteiger partial charge >= 0.3 is 0 Å². The summed E-state index contributed by atoms with van der Waals surface area (Å²) in [7, 11) is 1.72. The molecule has 0 bridgehead atoms. The van der Waals surface area contributed by atoms with Crippen LogP contribution in [0.3, 0.4) is 0 Å². The number of ether oxygens (including phenoxy) is 1. The number of amides is 1. The van der Waals surface area contributed by atoms with Gasteiger partial charge in [-0.3, -0.25) is 4.79 Å². The van der Waals surface area contributed by atoms with Crippen molar-refractivity contribution in [3.63, 3.8) is 0 Å². The van der Waals surface area contributed by atoms with Crippen LogP contribution in [0.1, 0.15) is 25.8 Å². The van der Waals surface area contributed by atoms with E-state index in [0.29, 0.717) is 6.04 Å². The molecule has 0 aliphatic carbocycles. The van der Waals surface area contributed by atoms with E-state index in [1.54, 1.807) is 14.0 Å². The molecule has 1 aliphatic rings. The van der Waals surface area contributed by atoms with E-state index in [1.165, 1.54) is 5.56 Å². The zero-order valence-corrected chi connectivity index (χ0v) is 11.9. The van der Waals surface area contributed by atoms with Crippen LogP contribution in [0.5, 0.6) is 0 Å². The van der Waals surface area contributed by atoms with Crippen LogP contribution in [0.4, 0.5) is 11.4 Å². The summed E-state index contributed by atoms with van der Waals surface area (Å²) in [6.45, 7) is 5.33. The predicted octanol–water partition coefficient (Wildman–Crippen LogP) is 2.43. The summed E-state index contributed by atoms with van der Waals surface area (Å²) in [4.78, 5) is 13.3. The molecule has 0 saturated carbocycles. The molecule has 1 aromatic rings. The highest BCUT2D eigenvalue weighted by Gasteiger charge is 2.22. The van der Waals surface area contributed by atoms with E-state index in [9.17, 15) is 4.79 Å². The lowest BCUT2D eigenvalue weighted by Crippen LogP contribution is -2.25. The van der Waals surface area contributed by atoms with Gasteiger partial charge in [0, 0.05) is 44.6 Å². The first-order valence-electron chi connectivity index (χ1n) is 6.78. The third kappa shape index (κ3) is 3.26. The van der Waals surface area contributed by atoms with Gasteiger partial charge in [0.1, 0.15) is 0 Å². The van der Waals surface area contributed by atoms with Gasteiger partial charge < -0.3 is 15.0 Å². The first-order valence-corrected chi connectivity index (χ1v) is 6.78. The maximum Gasteiger partial charge on any atom is 0.223 e. The van der Waals surface area contributed by atoms with Crippen LogP contribution < -0.4 is 10.2 Å². The Morgan fingerprint density at radius 3 is 3.00 bits per heavy atom. The molecule has 1 amide bonds. The van der Waals surface area contributed by atoms with E-state index in [4.69, 9.17) is 4.74 Å². The molecule has 0 spiro atoms. The molecule has 104 valence electrons. The Bertz CT molecular complexity index is 459. The standard InChI is InChI=1S/C15H22N2O2/c1-11(7-9-19-3)16-14-4-5-15-13(10-14)6-8-17(15)12(2)18/h4-5,10-11,16H,6-9H2,1-3H3. The van der Waals surface area contributed by atoms with Crippen molar-refractivity contribution in [1.82, 2.24) is 0 Å². The monoisotopic (exact) mass is 262 g/mol. The Morgan fingerprint density at radius 1 is 1.53 bits per heavy atom. The van der Waals surface area contributed by atoms with Crippen LogP contribution >= 0.6 is 0 Å². The zero-order valence-electron chi connectivity index (χ0n) is 11.9. The highest BCUT2D eigenvalue weighted by molar-refractivity contribution is 5.94. The van der Waals surface area contributed by atoms with Crippen LogP contribution in [0.15, 0.2) is 18.2 Å². The number of methoxy groups -OCH3 is 1. The summed E-state index contributed by atoms with van der Waals surface area (Å²) in [5.74, 6) is 0.118. The number of hydrogen-bond donors (Lipinski definition) is 1. The number of rotatable bonds is 5. The smallest absolute Gasteiger partial charge is 0.223 e. The van der Waals surface area contributed by atoms with Crippen molar-refractivity contribution in [3.05, 3.63) is 23.8 Å². The van der Waals surface area contributed by atoms with Crippen molar-refractivity contribution in [2.45, 2.75) is 32.7 Å². The predicted molar refractivity (Wildman–Crippen MR) is 77.8 cm³/mol. The lowest BCUT2D eigenvalue weighted by molar-refractivity contribution is -0.116. The van der Waals surface area contributed by atoms with E-state index in [2.05, 4.69) is 18.3 Å². The largest absolute Gasteiger partial charge is 0.385 e. The Morgan fingerprint density at radius 2 is 2.32 bits per heavy atom. The van der Waals surface area contributed by atoms with Gasteiger partial charge in [-0.05, 0) is 43.5 Å². The van der Waals surface area contributed by atoms with E-state index < -0.39 is 0 Å². The summed E-state index contributed by atoms with van der Waals surface area (Å²) in [6.07, 6.45) is 1.92. The van der Waals surface area contributed by atoms with E-state index in [-0.39, 0.29) is 5.91 Å². The summed E-state index contributed by atoms with van der Waals surface area (Å²) < 4.78 is 5.08. The van der Waals surface area contributed by atoms with Gasteiger partial charge in [0.15, 0.2) is 0 Å². The molecular formula is C15H22N2O2. The Kier molecular flexibility index (Phi) is 4.43. The van der Waals surface area contributed by atoms with Crippen LogP contribution in [0.25, 0.3) is 0 Å². The molecule has 4 heteroatoms. The first-order chi connectivity index (χ1) is 9.11. The van der Waals surface area contributed by atoms with Crippen LogP contribution in [0.2, 0.25) is 0 Å². The maximum absolute atomic E-state index is 11.5. The summed E-state index contributed by atoms with van der Waals surface area (Å²) in [5, 5.41) is 3.47. The zero-order chi connectivity index (χ0) is 13.8. The summed E-state index contributed by atoms with van der Waals surface area (Å²) in [5.41, 5.74) is 3.43. The minimum atomic E-state index is 0.118. The number of nitrogens with one attached hydrogen (secondary N) is 1. The van der Waals surface area contributed by atoms with Gasteiger partial charge in [-0.1, -0.05) is 0 Å². The molecule has 1 atom stereocenters. The lowest BCUT2D eigenvalue weighted by atomic mass is 10.1. The molecule has 0 radical (unpaired) electrons. The number of carbonyl (C=O) groups is 1. The Labute approximate surface area is 114 Å². The van der Waals surface area contributed by atoms with Crippen molar-refractivity contribution in [2.24, 2.45) is 0 Å². The molecule has 0 fully saturated rings. The summed E-state index contributed by atoms with van der Waals surface area (Å²) in [6, 6.07) is 6.61. The topological polar surface area (TPSA) is 41.6 Å². The van der Waals surface area contributed by atoms with Gasteiger partial charge in [-0.15, -0.1) is 0 Å². The highest BCUT2D eigenvalue weighted by Crippen LogP contribution is 2.30. The van der Waals surface area contributed by atoms with Crippen molar-refractivity contribution in [3.8, 4) is 0 Å². The number of nitrogens with zero attached hydrogens (tertiary/aromatic N) is 1. The summed E-state index contributed by atoms with van der Waals surface area (Å²) >= 11 is 0. The van der Waals surface area contributed by atoms with E-state index >= 15 is 0 Å². The second-order valence-electron chi connectivity index (χ2n) is 5.09. The molecule has 1 heterocycles. The normalized spacial score (nSPS) is 15.2. The molecule has 0 saturated heterocycles. The molecule has 1 aromatic carbocycles. The molecular weight excluding hydrogens is 240 g/mol. The molecule has 2 rings (SSSR count). The van der Waals surface area contributed by atoms with Gasteiger partial charge in [-0.25, -0.2) is 0 Å². The third-order valence-electron chi connectivity index (χ3n) is 3.52. The molecule has 19 heavy (non-hydrogen) atoms. The van der Waals surface area contributed by atoms with E-state index in [0.717, 1.165) is 37.4 Å². The highest BCUT2D eigenvalue weighted by atomic mass is 16.5. The van der Waals surface area contributed by atoms with Crippen LogP contribution in [-0.2, 0) is 16.0 Å². The molecule has 4 nitrogen and oxygen atoms in total. The van der Waals surface area contributed by atoms with Gasteiger partial charge in [-0.2, -0.15) is 0 Å². The quantitative estimate of drug-likeness (QED) is 0.886. The van der Waals surface area contributed by atoms with Crippen molar-refractivity contribution >= 4 is 17.3 Å². The maximum atomic E-state index is 11.5. The van der Waals surface area contributed by atoms with Crippen molar-refractivity contribution in [1.29, 1.82) is 0 Å². The van der Waals surface area contributed by atoms with E-state index in [1.807, 2.05) is 17.0 Å². The van der Waals surface area contributed by atoms with Crippen LogP contribution in [0, 0.1) is 0 Å². The van der Waals surface area contributed by atoms with Crippen molar-refractivity contribution < 1.29 is 9.53 Å². The number of benzene rings is 1. The number of hydrogen-bond acceptors (Lipinski definition) is 3. The minimum absolute atomic E-state index is 0.118. The number of fused-ring (bicyclic) bond motifs is 1. The molecule has 0 aromatic heterocycles. The van der Waals surface area contributed by atoms with Gasteiger partial charge in [0.25, 0.3) is 0 Å². The fourth-order valence-electron chi connectivity index (χ4n) is 2.47. The number of carbonyl (C=O) groups excluding carboxylic acids is 1. The fraction of sp³-hybridized carbons (Fsp3) is 0.533. The lowest BCUT2D eigenvalue weighted by Gasteiger charge is -2.17. The average Bonchev–Trinajstić information content (AvgIpc) is 2.79. The first kappa shape index (κ1) is 13.9. The van der Waals surface area contributed by atoms with Gasteiger partial charge in [0.2, 0.25) is 5.91 Å². The Balaban J connectivity index is 2.04. The second-order valence-corrected chi connectivity index (χ2v) is 5.09. The molecule has 1 unspecified atom stereocenters. The Hall–Kier alpha value is -1.55. The second kappa shape index (κ2) is 6.06. The molecule has 1 N–H and O–H groups in total. The number of anilines is 2. The van der Waals surface area contributed by atoms with Crippen LogP contribution in [-0.4, -0.2) is 32.2 Å². The third-order valence-corrected chi connectivity index (χ3v) is 3.52. The van der Waals surface area contributed by atoms with Crippen molar-refractivity contribution in [2.75, 3.05) is 30.5 Å². The SMILES string of the molecule is COCCC(C)Nc1ccc2c(c1)CCN2C(C)=O. The fourth-order valence-corrected chi connectivity index (χ4v) is 2.47. The van der Waals surface area contributed by atoms with Gasteiger partial charge in [0.05, 0.1) is 0 Å². The average molecular weight is 262 g/mol. The molecule has 1 aliphatic heterocycles. The minimum Gasteiger partial charge on any atom is -0.385 e.